The minimum Gasteiger partial charge on any atom is -0.309 e. The first kappa shape index (κ1) is 10.0. The van der Waals surface area contributed by atoms with Crippen LogP contribution in [0.2, 0.25) is 0 Å². The maximum atomic E-state index is 3.66. The van der Waals surface area contributed by atoms with E-state index in [4.69, 9.17) is 0 Å². The van der Waals surface area contributed by atoms with E-state index < -0.39 is 0 Å². The highest BCUT2D eigenvalue weighted by Crippen LogP contribution is 2.08. The Kier molecular flexibility index (Phi) is 3.71. The highest BCUT2D eigenvalue weighted by atomic mass is 14.8. The van der Waals surface area contributed by atoms with E-state index in [-0.39, 0.29) is 0 Å². The Morgan fingerprint density at radius 3 is 2.38 bits per heavy atom. The molecular weight excluding hydrogens is 158 g/mol. The molecule has 0 radical (unpaired) electrons. The largest absolute Gasteiger partial charge is 0.309 e. The van der Waals surface area contributed by atoms with Crippen molar-refractivity contribution in [2.75, 3.05) is 6.54 Å². The lowest BCUT2D eigenvalue weighted by atomic mass is 10.1. The molecule has 0 aliphatic heterocycles. The van der Waals surface area contributed by atoms with E-state index in [0.29, 0.717) is 0 Å². The third-order valence-corrected chi connectivity index (χ3v) is 1.90. The van der Waals surface area contributed by atoms with Crippen LogP contribution in [0.15, 0.2) is 30.9 Å². The molecule has 0 bridgehead atoms. The van der Waals surface area contributed by atoms with Gasteiger partial charge in [0.2, 0.25) is 0 Å². The number of hydrogen-bond acceptors (Lipinski definition) is 1. The molecule has 1 N–H and O–H groups in total. The van der Waals surface area contributed by atoms with Gasteiger partial charge in [0.15, 0.2) is 0 Å². The number of nitrogens with one attached hydrogen (secondary N) is 1. The summed E-state index contributed by atoms with van der Waals surface area (Å²) in [5.41, 5.74) is 4.00. The second kappa shape index (κ2) is 4.83. The van der Waals surface area contributed by atoms with Gasteiger partial charge in [-0.05, 0) is 19.4 Å². The summed E-state index contributed by atoms with van der Waals surface area (Å²) in [5.74, 6) is 0. The van der Waals surface area contributed by atoms with Crippen molar-refractivity contribution in [3.63, 3.8) is 0 Å². The van der Waals surface area contributed by atoms with Crippen molar-refractivity contribution in [3.8, 4) is 0 Å². The fourth-order valence-electron chi connectivity index (χ4n) is 1.49. The molecule has 1 nitrogen and oxygen atoms in total. The average molecular weight is 175 g/mol. The number of rotatable bonds is 4. The molecule has 0 saturated heterocycles. The van der Waals surface area contributed by atoms with Gasteiger partial charge in [-0.25, -0.2) is 0 Å². The molecule has 0 spiro atoms. The summed E-state index contributed by atoms with van der Waals surface area (Å²) in [7, 11) is 0. The molecule has 1 aromatic rings. The number of aryl methyl sites for hydroxylation is 2. The van der Waals surface area contributed by atoms with Crippen molar-refractivity contribution in [2.24, 2.45) is 0 Å². The van der Waals surface area contributed by atoms with Crippen molar-refractivity contribution in [1.82, 2.24) is 5.32 Å². The Balaban J connectivity index is 2.60. The van der Waals surface area contributed by atoms with Crippen molar-refractivity contribution in [3.05, 3.63) is 47.5 Å². The van der Waals surface area contributed by atoms with Crippen molar-refractivity contribution >= 4 is 0 Å². The monoisotopic (exact) mass is 175 g/mol. The van der Waals surface area contributed by atoms with Gasteiger partial charge >= 0.3 is 0 Å². The van der Waals surface area contributed by atoms with E-state index in [1.54, 1.807) is 0 Å². The molecule has 0 amide bonds. The summed E-state index contributed by atoms with van der Waals surface area (Å²) in [6.45, 7) is 9.72. The first-order valence-electron chi connectivity index (χ1n) is 4.61. The quantitative estimate of drug-likeness (QED) is 0.548. The second-order valence-corrected chi connectivity index (χ2v) is 3.42. The van der Waals surface area contributed by atoms with Crippen LogP contribution in [0, 0.1) is 13.8 Å². The minimum absolute atomic E-state index is 0.868. The van der Waals surface area contributed by atoms with Crippen LogP contribution in [-0.2, 0) is 6.54 Å². The maximum absolute atomic E-state index is 3.66. The summed E-state index contributed by atoms with van der Waals surface area (Å²) < 4.78 is 0. The summed E-state index contributed by atoms with van der Waals surface area (Å²) in [4.78, 5) is 0. The molecule has 1 aromatic carbocycles. The van der Waals surface area contributed by atoms with E-state index in [1.165, 1.54) is 16.7 Å². The zero-order valence-corrected chi connectivity index (χ0v) is 8.43. The first-order valence-corrected chi connectivity index (χ1v) is 4.61. The third kappa shape index (κ3) is 3.43. The molecule has 70 valence electrons. The molecular formula is C12H17N. The van der Waals surface area contributed by atoms with E-state index >= 15 is 0 Å². The van der Waals surface area contributed by atoms with Gasteiger partial charge in [-0.3, -0.25) is 0 Å². The van der Waals surface area contributed by atoms with Crippen LogP contribution < -0.4 is 5.32 Å². The van der Waals surface area contributed by atoms with Gasteiger partial charge in [0, 0.05) is 13.1 Å². The molecule has 0 heterocycles. The molecule has 0 aromatic heterocycles. The van der Waals surface area contributed by atoms with Crippen LogP contribution in [0.4, 0.5) is 0 Å². The summed E-state index contributed by atoms with van der Waals surface area (Å²) in [5, 5.41) is 3.29. The van der Waals surface area contributed by atoms with Crippen molar-refractivity contribution in [2.45, 2.75) is 20.4 Å². The molecule has 13 heavy (non-hydrogen) atoms. The van der Waals surface area contributed by atoms with E-state index in [0.717, 1.165) is 13.1 Å². The van der Waals surface area contributed by atoms with Gasteiger partial charge in [0.1, 0.15) is 0 Å². The van der Waals surface area contributed by atoms with Crippen LogP contribution in [0.25, 0.3) is 0 Å². The molecule has 1 heteroatoms. The second-order valence-electron chi connectivity index (χ2n) is 3.42. The van der Waals surface area contributed by atoms with Crippen molar-refractivity contribution in [1.29, 1.82) is 0 Å². The maximum Gasteiger partial charge on any atom is 0.0208 e. The molecule has 0 unspecified atom stereocenters. The normalized spacial score (nSPS) is 10.0. The molecule has 0 atom stereocenters. The summed E-state index contributed by atoms with van der Waals surface area (Å²) in [6.07, 6.45) is 1.88. The molecule has 0 aliphatic rings. The molecule has 1 rings (SSSR count). The Morgan fingerprint density at radius 2 is 1.85 bits per heavy atom. The van der Waals surface area contributed by atoms with Crippen LogP contribution in [0.5, 0.6) is 0 Å². The third-order valence-electron chi connectivity index (χ3n) is 1.90. The topological polar surface area (TPSA) is 12.0 Å². The predicted octanol–water partition coefficient (Wildman–Crippen LogP) is 2.58. The molecule has 0 saturated carbocycles. The Labute approximate surface area is 80.5 Å². The van der Waals surface area contributed by atoms with Crippen LogP contribution >= 0.6 is 0 Å². The lowest BCUT2D eigenvalue weighted by Crippen LogP contribution is -2.12. The fraction of sp³-hybridized carbons (Fsp3) is 0.333. The standard InChI is InChI=1S/C12H17N/c1-4-5-13-9-12-7-10(2)6-11(3)8-12/h4,6-8,13H,1,5,9H2,2-3H3. The summed E-state index contributed by atoms with van der Waals surface area (Å²) in [6, 6.07) is 6.61. The highest BCUT2D eigenvalue weighted by Gasteiger charge is 1.94. The van der Waals surface area contributed by atoms with Crippen LogP contribution in [0.3, 0.4) is 0 Å². The van der Waals surface area contributed by atoms with Gasteiger partial charge < -0.3 is 5.32 Å². The number of hydrogen-bond donors (Lipinski definition) is 1. The van der Waals surface area contributed by atoms with Gasteiger partial charge in [-0.15, -0.1) is 6.58 Å². The first-order chi connectivity index (χ1) is 6.22. The average Bonchev–Trinajstić information content (AvgIpc) is 2.03. The van der Waals surface area contributed by atoms with E-state index in [2.05, 4.69) is 43.9 Å². The van der Waals surface area contributed by atoms with Crippen molar-refractivity contribution < 1.29 is 0 Å². The zero-order chi connectivity index (χ0) is 9.68. The zero-order valence-electron chi connectivity index (χ0n) is 8.43. The molecule has 0 fully saturated rings. The predicted molar refractivity (Wildman–Crippen MR) is 57.8 cm³/mol. The van der Waals surface area contributed by atoms with Gasteiger partial charge in [-0.2, -0.15) is 0 Å². The SMILES string of the molecule is C=CCNCc1cc(C)cc(C)c1. The molecule has 0 aliphatic carbocycles. The van der Waals surface area contributed by atoms with Gasteiger partial charge in [0.05, 0.1) is 0 Å². The Bertz CT molecular complexity index is 269. The summed E-state index contributed by atoms with van der Waals surface area (Å²) >= 11 is 0. The Hall–Kier alpha value is -1.08. The lowest BCUT2D eigenvalue weighted by molar-refractivity contribution is 0.759. The van der Waals surface area contributed by atoms with Gasteiger partial charge in [0.25, 0.3) is 0 Å². The van der Waals surface area contributed by atoms with Crippen LogP contribution in [-0.4, -0.2) is 6.54 Å². The smallest absolute Gasteiger partial charge is 0.0208 e. The Morgan fingerprint density at radius 1 is 1.23 bits per heavy atom. The lowest BCUT2D eigenvalue weighted by Gasteiger charge is -2.05. The van der Waals surface area contributed by atoms with E-state index in [1.807, 2.05) is 6.08 Å². The number of benzene rings is 1. The van der Waals surface area contributed by atoms with Gasteiger partial charge in [-0.1, -0.05) is 35.4 Å². The fourth-order valence-corrected chi connectivity index (χ4v) is 1.49. The highest BCUT2D eigenvalue weighted by molar-refractivity contribution is 5.28. The van der Waals surface area contributed by atoms with E-state index in [9.17, 15) is 0 Å². The minimum atomic E-state index is 0.868. The van der Waals surface area contributed by atoms with Crippen LogP contribution in [0.1, 0.15) is 16.7 Å².